The summed E-state index contributed by atoms with van der Waals surface area (Å²) < 4.78 is 0.880. The Morgan fingerprint density at radius 2 is 1.91 bits per heavy atom. The van der Waals surface area contributed by atoms with Crippen LogP contribution in [0.5, 0.6) is 0 Å². The number of benzene rings is 1. The summed E-state index contributed by atoms with van der Waals surface area (Å²) in [7, 11) is 1.33. The zero-order valence-corrected chi connectivity index (χ0v) is 13.0. The number of rotatable bonds is 6. The first-order valence-electron chi connectivity index (χ1n) is 7.36. The average Bonchev–Trinajstić information content (AvgIpc) is 2.57. The van der Waals surface area contributed by atoms with Gasteiger partial charge in [-0.15, -0.1) is 0 Å². The van der Waals surface area contributed by atoms with Crippen LogP contribution in [0, 0.1) is 0 Å². The second kappa shape index (κ2) is 7.55. The normalized spacial score (nSPS) is 10.5. The molecule has 0 atom stereocenters. The van der Waals surface area contributed by atoms with Crippen LogP contribution in [0.3, 0.4) is 0 Å². The lowest BCUT2D eigenvalue weighted by Gasteiger charge is -2.22. The van der Waals surface area contributed by atoms with E-state index < -0.39 is 17.2 Å². The van der Waals surface area contributed by atoms with Crippen molar-refractivity contribution in [2.75, 3.05) is 19.6 Å². The van der Waals surface area contributed by atoms with Gasteiger partial charge in [-0.3, -0.25) is 14.2 Å². The molecule has 3 N–H and O–H groups in total. The molecule has 0 radical (unpaired) electrons. The van der Waals surface area contributed by atoms with Crippen molar-refractivity contribution in [3.8, 4) is 0 Å². The van der Waals surface area contributed by atoms with Crippen LogP contribution in [0.4, 0.5) is 0 Å². The van der Waals surface area contributed by atoms with E-state index in [9.17, 15) is 14.4 Å². The lowest BCUT2D eigenvalue weighted by atomic mass is 10.1. The van der Waals surface area contributed by atoms with Crippen LogP contribution in [0.15, 0.2) is 46.1 Å². The molecular weight excluding hydrogens is 296 g/mol. The summed E-state index contributed by atoms with van der Waals surface area (Å²) in [6.45, 7) is 1.08. The lowest BCUT2D eigenvalue weighted by molar-refractivity contribution is 0.0759. The molecule has 2 aromatic rings. The molecule has 1 aromatic heterocycles. The SMILES string of the molecule is Cn1c(=O)[nH]cc(C(=O)N(CCN)CCc2ccccc2)c1=O. The first kappa shape index (κ1) is 16.7. The Hall–Kier alpha value is -2.67. The highest BCUT2D eigenvalue weighted by atomic mass is 16.2. The summed E-state index contributed by atoms with van der Waals surface area (Å²) in [4.78, 5) is 40.0. The number of carbonyl (C=O) groups is 1. The van der Waals surface area contributed by atoms with E-state index in [1.807, 2.05) is 30.3 Å². The van der Waals surface area contributed by atoms with Crippen molar-refractivity contribution in [3.63, 3.8) is 0 Å². The Bertz CT molecular complexity index is 780. The van der Waals surface area contributed by atoms with Gasteiger partial charge in [-0.1, -0.05) is 30.3 Å². The Kier molecular flexibility index (Phi) is 5.48. The van der Waals surface area contributed by atoms with Gasteiger partial charge < -0.3 is 15.6 Å². The molecule has 0 fully saturated rings. The van der Waals surface area contributed by atoms with Crippen molar-refractivity contribution in [1.29, 1.82) is 0 Å². The molecule has 0 saturated heterocycles. The van der Waals surface area contributed by atoms with E-state index in [4.69, 9.17) is 5.73 Å². The molecule has 0 unspecified atom stereocenters. The third-order valence-electron chi connectivity index (χ3n) is 3.61. The van der Waals surface area contributed by atoms with Crippen LogP contribution in [-0.4, -0.2) is 40.0 Å². The van der Waals surface area contributed by atoms with Gasteiger partial charge in [0.1, 0.15) is 5.56 Å². The molecule has 1 heterocycles. The number of H-pyrrole nitrogens is 1. The summed E-state index contributed by atoms with van der Waals surface area (Å²) in [6, 6.07) is 9.74. The summed E-state index contributed by atoms with van der Waals surface area (Å²) in [5.74, 6) is -0.428. The molecular formula is C16H20N4O3. The Balaban J connectivity index is 2.20. The van der Waals surface area contributed by atoms with Gasteiger partial charge >= 0.3 is 5.69 Å². The van der Waals surface area contributed by atoms with Crippen molar-refractivity contribution in [2.24, 2.45) is 12.8 Å². The number of aromatic amines is 1. The summed E-state index contributed by atoms with van der Waals surface area (Å²) in [5, 5.41) is 0. The third-order valence-corrected chi connectivity index (χ3v) is 3.61. The standard InChI is InChI=1S/C16H20N4O3/c1-19-14(21)13(11-18-16(19)23)15(22)20(10-8-17)9-7-12-5-3-2-4-6-12/h2-6,11H,7-10,17H2,1H3,(H,18,23). The van der Waals surface area contributed by atoms with Gasteiger partial charge in [-0.25, -0.2) is 4.79 Å². The maximum Gasteiger partial charge on any atom is 0.328 e. The zero-order valence-electron chi connectivity index (χ0n) is 13.0. The fourth-order valence-corrected chi connectivity index (χ4v) is 2.27. The molecule has 0 saturated carbocycles. The maximum absolute atomic E-state index is 12.6. The minimum atomic E-state index is -0.611. The molecule has 1 aromatic carbocycles. The topological polar surface area (TPSA) is 101 Å². The van der Waals surface area contributed by atoms with Crippen LogP contribution < -0.4 is 17.0 Å². The molecule has 0 aliphatic rings. The fraction of sp³-hybridized carbons (Fsp3) is 0.312. The number of nitrogens with zero attached hydrogens (tertiary/aromatic N) is 2. The fourth-order valence-electron chi connectivity index (χ4n) is 2.27. The van der Waals surface area contributed by atoms with Crippen molar-refractivity contribution in [2.45, 2.75) is 6.42 Å². The summed E-state index contributed by atoms with van der Waals surface area (Å²) >= 11 is 0. The predicted molar refractivity (Wildman–Crippen MR) is 87.4 cm³/mol. The van der Waals surface area contributed by atoms with Gasteiger partial charge in [0, 0.05) is 32.9 Å². The first-order valence-corrected chi connectivity index (χ1v) is 7.36. The average molecular weight is 316 g/mol. The Labute approximate surface area is 133 Å². The number of nitrogens with two attached hydrogens (primary N) is 1. The number of nitrogens with one attached hydrogen (secondary N) is 1. The molecule has 7 nitrogen and oxygen atoms in total. The number of aromatic nitrogens is 2. The maximum atomic E-state index is 12.6. The monoisotopic (exact) mass is 316 g/mol. The van der Waals surface area contributed by atoms with Gasteiger partial charge in [-0.05, 0) is 12.0 Å². The molecule has 0 spiro atoms. The van der Waals surface area contributed by atoms with E-state index in [0.717, 1.165) is 10.1 Å². The largest absolute Gasteiger partial charge is 0.337 e. The smallest absolute Gasteiger partial charge is 0.328 e. The van der Waals surface area contributed by atoms with Crippen molar-refractivity contribution >= 4 is 5.91 Å². The molecule has 0 aliphatic heterocycles. The minimum absolute atomic E-state index is 0.0615. The minimum Gasteiger partial charge on any atom is -0.337 e. The molecule has 2 rings (SSSR count). The highest BCUT2D eigenvalue weighted by Crippen LogP contribution is 2.04. The molecule has 0 bridgehead atoms. The van der Waals surface area contributed by atoms with Crippen LogP contribution in [0.2, 0.25) is 0 Å². The summed E-state index contributed by atoms with van der Waals surface area (Å²) in [5.41, 5.74) is 5.44. The number of hydrogen-bond donors (Lipinski definition) is 2. The van der Waals surface area contributed by atoms with E-state index in [-0.39, 0.29) is 5.56 Å². The van der Waals surface area contributed by atoms with Crippen molar-refractivity contribution in [3.05, 3.63) is 68.5 Å². The van der Waals surface area contributed by atoms with Crippen molar-refractivity contribution in [1.82, 2.24) is 14.5 Å². The van der Waals surface area contributed by atoms with Crippen LogP contribution in [0.25, 0.3) is 0 Å². The first-order chi connectivity index (χ1) is 11.0. The van der Waals surface area contributed by atoms with Crippen molar-refractivity contribution < 1.29 is 4.79 Å². The van der Waals surface area contributed by atoms with E-state index in [2.05, 4.69) is 4.98 Å². The van der Waals surface area contributed by atoms with Crippen LogP contribution in [-0.2, 0) is 13.5 Å². The molecule has 0 aliphatic carbocycles. The number of amides is 1. The highest BCUT2D eigenvalue weighted by Gasteiger charge is 2.19. The van der Waals surface area contributed by atoms with Gasteiger partial charge in [0.2, 0.25) is 0 Å². The van der Waals surface area contributed by atoms with Gasteiger partial charge in [0.15, 0.2) is 0 Å². The van der Waals surface area contributed by atoms with E-state index in [1.54, 1.807) is 0 Å². The van der Waals surface area contributed by atoms with E-state index >= 15 is 0 Å². The molecule has 23 heavy (non-hydrogen) atoms. The van der Waals surface area contributed by atoms with Gasteiger partial charge in [-0.2, -0.15) is 0 Å². The lowest BCUT2D eigenvalue weighted by Crippen LogP contribution is -2.43. The predicted octanol–water partition coefficient (Wildman–Crippen LogP) is -0.283. The Morgan fingerprint density at radius 1 is 1.22 bits per heavy atom. The Morgan fingerprint density at radius 3 is 2.57 bits per heavy atom. The highest BCUT2D eigenvalue weighted by molar-refractivity contribution is 5.93. The van der Waals surface area contributed by atoms with Gasteiger partial charge in [0.05, 0.1) is 0 Å². The summed E-state index contributed by atoms with van der Waals surface area (Å²) in [6.07, 6.45) is 1.83. The van der Waals surface area contributed by atoms with E-state index in [1.165, 1.54) is 18.1 Å². The number of hydrogen-bond acceptors (Lipinski definition) is 4. The quantitative estimate of drug-likeness (QED) is 0.765. The molecule has 122 valence electrons. The van der Waals surface area contributed by atoms with E-state index in [0.29, 0.717) is 26.1 Å². The molecule has 7 heteroatoms. The number of carbonyl (C=O) groups excluding carboxylic acids is 1. The van der Waals surface area contributed by atoms with Crippen LogP contribution >= 0.6 is 0 Å². The second-order valence-electron chi connectivity index (χ2n) is 5.19. The van der Waals surface area contributed by atoms with Crippen LogP contribution in [0.1, 0.15) is 15.9 Å². The third kappa shape index (κ3) is 3.95. The second-order valence-corrected chi connectivity index (χ2v) is 5.19. The zero-order chi connectivity index (χ0) is 16.8. The molecule has 1 amide bonds. The van der Waals surface area contributed by atoms with Gasteiger partial charge in [0.25, 0.3) is 11.5 Å².